The minimum atomic E-state index is -0.326. The Morgan fingerprint density at radius 1 is 1.50 bits per heavy atom. The summed E-state index contributed by atoms with van der Waals surface area (Å²) in [6.07, 6.45) is 2.24. The highest BCUT2D eigenvalue weighted by Crippen LogP contribution is 2.08. The first-order valence-corrected chi connectivity index (χ1v) is 6.54. The molecule has 0 aliphatic rings. The molecular weight excluding hydrogens is 248 g/mol. The third-order valence-corrected chi connectivity index (χ3v) is 3.48. The highest BCUT2D eigenvalue weighted by molar-refractivity contribution is 7.09. The Morgan fingerprint density at radius 2 is 2.33 bits per heavy atom. The van der Waals surface area contributed by atoms with Gasteiger partial charge in [-0.25, -0.2) is 0 Å². The van der Waals surface area contributed by atoms with E-state index in [1.165, 1.54) is 17.1 Å². The summed E-state index contributed by atoms with van der Waals surface area (Å²) in [5.74, 6) is -0.326. The van der Waals surface area contributed by atoms with Gasteiger partial charge in [0, 0.05) is 29.4 Å². The number of carbonyl (C=O) groups excluding carboxylic acids is 1. The Hall–Kier alpha value is -1.88. The first kappa shape index (κ1) is 12.6. The van der Waals surface area contributed by atoms with Crippen molar-refractivity contribution >= 4 is 17.2 Å². The molecule has 0 bridgehead atoms. The molecule has 0 aliphatic carbocycles. The molecule has 2 N–H and O–H groups in total. The van der Waals surface area contributed by atoms with Gasteiger partial charge in [-0.2, -0.15) is 0 Å². The summed E-state index contributed by atoms with van der Waals surface area (Å²) in [6.45, 7) is 2.31. The number of amides is 1. The van der Waals surface area contributed by atoms with E-state index in [0.29, 0.717) is 6.54 Å². The average Bonchev–Trinajstić information content (AvgIpc) is 2.81. The summed E-state index contributed by atoms with van der Waals surface area (Å²) in [6, 6.07) is 5.43. The number of aromatic nitrogens is 1. The minimum absolute atomic E-state index is 0.159. The van der Waals surface area contributed by atoms with Crippen LogP contribution in [0.5, 0.6) is 0 Å². The lowest BCUT2D eigenvalue weighted by atomic mass is 10.2. The van der Waals surface area contributed by atoms with Crippen LogP contribution in [0.1, 0.15) is 20.9 Å². The number of hydrogen-bond acceptors (Lipinski definition) is 3. The van der Waals surface area contributed by atoms with Crippen LogP contribution in [0.3, 0.4) is 0 Å². The second-order valence-electron chi connectivity index (χ2n) is 3.98. The van der Waals surface area contributed by atoms with Crippen LogP contribution in [0.2, 0.25) is 0 Å². The predicted octanol–water partition coefficient (Wildman–Crippen LogP) is 1.72. The van der Waals surface area contributed by atoms with Crippen molar-refractivity contribution in [1.29, 1.82) is 0 Å². The van der Waals surface area contributed by atoms with Gasteiger partial charge in [0.2, 0.25) is 0 Å². The van der Waals surface area contributed by atoms with Crippen LogP contribution < -0.4 is 10.7 Å². The molecule has 5 heteroatoms. The molecule has 0 fully saturated rings. The number of hydrogen-bond donors (Lipinski definition) is 2. The Kier molecular flexibility index (Phi) is 3.94. The van der Waals surface area contributed by atoms with Gasteiger partial charge in [-0.3, -0.25) is 9.59 Å². The maximum atomic E-state index is 11.8. The Morgan fingerprint density at radius 3 is 3.00 bits per heavy atom. The SMILES string of the molecule is Cc1cc(=O)c(C(=O)NCCc2cccs2)c[nH]1. The topological polar surface area (TPSA) is 62.0 Å². The number of nitrogens with one attached hydrogen (secondary N) is 2. The molecule has 1 amide bonds. The maximum absolute atomic E-state index is 11.8. The van der Waals surface area contributed by atoms with E-state index < -0.39 is 0 Å². The largest absolute Gasteiger partial charge is 0.364 e. The molecule has 2 heterocycles. The van der Waals surface area contributed by atoms with Crippen LogP contribution in [0.15, 0.2) is 34.6 Å². The summed E-state index contributed by atoms with van der Waals surface area (Å²) in [7, 11) is 0. The third kappa shape index (κ3) is 3.07. The van der Waals surface area contributed by atoms with E-state index in [2.05, 4.69) is 10.3 Å². The molecule has 4 nitrogen and oxygen atoms in total. The molecule has 2 aromatic rings. The number of aryl methyl sites for hydroxylation is 1. The zero-order valence-corrected chi connectivity index (χ0v) is 10.8. The van der Waals surface area contributed by atoms with Gasteiger partial charge in [0.25, 0.3) is 5.91 Å². The smallest absolute Gasteiger partial charge is 0.256 e. The van der Waals surface area contributed by atoms with Gasteiger partial charge in [0.05, 0.1) is 0 Å². The minimum Gasteiger partial charge on any atom is -0.364 e. The molecule has 0 saturated heterocycles. The van der Waals surface area contributed by atoms with Gasteiger partial charge in [-0.15, -0.1) is 11.3 Å². The Bertz CT molecular complexity index is 587. The van der Waals surface area contributed by atoms with Crippen LogP contribution in [0.25, 0.3) is 0 Å². The highest BCUT2D eigenvalue weighted by Gasteiger charge is 2.09. The van der Waals surface area contributed by atoms with Crippen molar-refractivity contribution in [3.8, 4) is 0 Å². The van der Waals surface area contributed by atoms with Crippen molar-refractivity contribution < 1.29 is 4.79 Å². The second kappa shape index (κ2) is 5.64. The van der Waals surface area contributed by atoms with E-state index in [9.17, 15) is 9.59 Å². The van der Waals surface area contributed by atoms with Crippen molar-refractivity contribution in [2.75, 3.05) is 6.54 Å². The van der Waals surface area contributed by atoms with E-state index in [-0.39, 0.29) is 16.9 Å². The fraction of sp³-hybridized carbons (Fsp3) is 0.231. The molecule has 2 aromatic heterocycles. The number of thiophene rings is 1. The molecule has 2 rings (SSSR count). The molecule has 0 atom stereocenters. The van der Waals surface area contributed by atoms with E-state index in [0.717, 1.165) is 12.1 Å². The van der Waals surface area contributed by atoms with Gasteiger partial charge >= 0.3 is 0 Å². The molecule has 0 aliphatic heterocycles. The van der Waals surface area contributed by atoms with Crippen molar-refractivity contribution in [3.63, 3.8) is 0 Å². The molecule has 18 heavy (non-hydrogen) atoms. The normalized spacial score (nSPS) is 10.3. The van der Waals surface area contributed by atoms with Gasteiger partial charge in [0.15, 0.2) is 5.43 Å². The fourth-order valence-electron chi connectivity index (χ4n) is 1.60. The zero-order valence-electron chi connectivity index (χ0n) is 10.0. The molecule has 94 valence electrons. The van der Waals surface area contributed by atoms with Gasteiger partial charge in [-0.1, -0.05) is 6.07 Å². The Labute approximate surface area is 109 Å². The predicted molar refractivity (Wildman–Crippen MR) is 72.2 cm³/mol. The van der Waals surface area contributed by atoms with Crippen LogP contribution in [-0.2, 0) is 6.42 Å². The summed E-state index contributed by atoms with van der Waals surface area (Å²) in [5.41, 5.74) is 0.654. The lowest BCUT2D eigenvalue weighted by Gasteiger charge is -2.04. The van der Waals surface area contributed by atoms with E-state index in [1.54, 1.807) is 18.3 Å². The number of H-pyrrole nitrogens is 1. The van der Waals surface area contributed by atoms with Gasteiger partial charge in [0.1, 0.15) is 5.56 Å². The number of pyridine rings is 1. The summed E-state index contributed by atoms with van der Waals surface area (Å²) < 4.78 is 0. The maximum Gasteiger partial charge on any atom is 0.256 e. The van der Waals surface area contributed by atoms with Gasteiger partial charge in [-0.05, 0) is 24.8 Å². The lowest BCUT2D eigenvalue weighted by molar-refractivity contribution is 0.0953. The zero-order chi connectivity index (χ0) is 13.0. The molecule has 0 aromatic carbocycles. The molecule has 0 unspecified atom stereocenters. The monoisotopic (exact) mass is 262 g/mol. The van der Waals surface area contributed by atoms with Crippen molar-refractivity contribution in [1.82, 2.24) is 10.3 Å². The van der Waals surface area contributed by atoms with Gasteiger partial charge < -0.3 is 10.3 Å². The third-order valence-electron chi connectivity index (χ3n) is 2.54. The van der Waals surface area contributed by atoms with E-state index in [4.69, 9.17) is 0 Å². The van der Waals surface area contributed by atoms with E-state index >= 15 is 0 Å². The molecule has 0 radical (unpaired) electrons. The molecule has 0 spiro atoms. The van der Waals surface area contributed by atoms with Crippen LogP contribution in [0, 0.1) is 6.92 Å². The first-order valence-electron chi connectivity index (χ1n) is 5.67. The van der Waals surface area contributed by atoms with Crippen molar-refractivity contribution in [2.45, 2.75) is 13.3 Å². The first-order chi connectivity index (χ1) is 8.66. The fourth-order valence-corrected chi connectivity index (χ4v) is 2.31. The summed E-state index contributed by atoms with van der Waals surface area (Å²) in [5, 5.41) is 4.75. The van der Waals surface area contributed by atoms with Crippen LogP contribution in [0.4, 0.5) is 0 Å². The standard InChI is InChI=1S/C13H14N2O2S/c1-9-7-12(16)11(8-15-9)13(17)14-5-4-10-3-2-6-18-10/h2-3,6-8H,4-5H2,1H3,(H,14,17)(H,15,16). The van der Waals surface area contributed by atoms with Crippen molar-refractivity contribution in [2.24, 2.45) is 0 Å². The van der Waals surface area contributed by atoms with E-state index in [1.807, 2.05) is 17.5 Å². The number of aromatic amines is 1. The number of rotatable bonds is 4. The van der Waals surface area contributed by atoms with Crippen LogP contribution in [-0.4, -0.2) is 17.4 Å². The summed E-state index contributed by atoms with van der Waals surface area (Å²) >= 11 is 1.66. The summed E-state index contributed by atoms with van der Waals surface area (Å²) in [4.78, 5) is 27.5. The van der Waals surface area contributed by atoms with Crippen LogP contribution >= 0.6 is 11.3 Å². The number of carbonyl (C=O) groups is 1. The second-order valence-corrected chi connectivity index (χ2v) is 5.01. The molecular formula is C13H14N2O2S. The average molecular weight is 262 g/mol. The lowest BCUT2D eigenvalue weighted by Crippen LogP contribution is -2.30. The van der Waals surface area contributed by atoms with Crippen molar-refractivity contribution in [3.05, 3.63) is 56.1 Å². The molecule has 0 saturated carbocycles. The quantitative estimate of drug-likeness (QED) is 0.881. The highest BCUT2D eigenvalue weighted by atomic mass is 32.1. The Balaban J connectivity index is 1.93.